The summed E-state index contributed by atoms with van der Waals surface area (Å²) in [6.45, 7) is 3.58. The summed E-state index contributed by atoms with van der Waals surface area (Å²) < 4.78 is 0. The molecule has 0 saturated carbocycles. The minimum Gasteiger partial charge on any atom is -0.352 e. The highest BCUT2D eigenvalue weighted by atomic mass is 35.5. The molecule has 2 aliphatic heterocycles. The van der Waals surface area contributed by atoms with Crippen LogP contribution in [0.2, 0.25) is 5.02 Å². The smallest absolute Gasteiger partial charge is 0.243 e. The molecule has 1 amide bonds. The molecule has 2 aromatic rings. The topological polar surface area (TPSA) is 73.1 Å². The monoisotopic (exact) mass is 373 g/mol. The minimum atomic E-state index is -0.342. The van der Waals surface area contributed by atoms with Gasteiger partial charge in [-0.15, -0.1) is 0 Å². The van der Waals surface area contributed by atoms with Crippen LogP contribution in [0.1, 0.15) is 35.8 Å². The molecule has 6 nitrogen and oxygen atoms in total. The van der Waals surface area contributed by atoms with Gasteiger partial charge in [0.2, 0.25) is 5.91 Å². The van der Waals surface area contributed by atoms with Crippen molar-refractivity contribution in [1.29, 1.82) is 0 Å². The van der Waals surface area contributed by atoms with E-state index in [4.69, 9.17) is 11.6 Å². The molecular weight excluding hydrogens is 350 g/mol. The number of hydrogen-bond acceptors (Lipinski definition) is 4. The number of imidazole rings is 1. The van der Waals surface area contributed by atoms with E-state index in [0.717, 1.165) is 67.4 Å². The zero-order valence-corrected chi connectivity index (χ0v) is 15.4. The second-order valence-electron chi connectivity index (χ2n) is 7.05. The van der Waals surface area contributed by atoms with Crippen molar-refractivity contribution < 1.29 is 4.79 Å². The van der Waals surface area contributed by atoms with E-state index in [9.17, 15) is 4.79 Å². The summed E-state index contributed by atoms with van der Waals surface area (Å²) in [6, 6.07) is 7.87. The lowest BCUT2D eigenvalue weighted by atomic mass is 10.0. The molecule has 2 aliphatic rings. The number of nitrogens with zero attached hydrogens (tertiary/aromatic N) is 2. The Morgan fingerprint density at radius 1 is 1.31 bits per heavy atom. The largest absolute Gasteiger partial charge is 0.352 e. The summed E-state index contributed by atoms with van der Waals surface area (Å²) in [7, 11) is 0. The van der Waals surface area contributed by atoms with Crippen LogP contribution < -0.4 is 10.6 Å². The Hall–Kier alpha value is -1.89. The van der Waals surface area contributed by atoms with E-state index < -0.39 is 0 Å². The van der Waals surface area contributed by atoms with Gasteiger partial charge in [0.25, 0.3) is 0 Å². The first-order valence-corrected chi connectivity index (χ1v) is 9.60. The average molecular weight is 374 g/mol. The molecule has 4 rings (SSSR count). The van der Waals surface area contributed by atoms with Gasteiger partial charge in [-0.3, -0.25) is 9.69 Å². The highest BCUT2D eigenvalue weighted by molar-refractivity contribution is 6.31. The van der Waals surface area contributed by atoms with Crippen LogP contribution >= 0.6 is 11.6 Å². The molecule has 3 N–H and O–H groups in total. The SMILES string of the molecule is O=C(NC1CCN(Cc2ccccc2Cl)CC1)[C@@H]1NCCc2[nH]cnc21. The first-order valence-electron chi connectivity index (χ1n) is 9.22. The second-order valence-corrected chi connectivity index (χ2v) is 7.46. The summed E-state index contributed by atoms with van der Waals surface area (Å²) in [5.74, 6) is 0.0302. The molecule has 1 aromatic carbocycles. The number of aromatic nitrogens is 2. The molecule has 0 aliphatic carbocycles. The standard InChI is InChI=1S/C19H24ClN5O/c20-15-4-2-1-3-13(15)11-25-9-6-14(7-10-25)24-19(26)18-17-16(5-8-21-18)22-12-23-17/h1-4,12,14,18,21H,5-11H2,(H,22,23)(H,24,26)/t18-/m1/s1. The Balaban J connectivity index is 1.29. The molecule has 0 spiro atoms. The third-order valence-electron chi connectivity index (χ3n) is 5.30. The van der Waals surface area contributed by atoms with Gasteiger partial charge >= 0.3 is 0 Å². The highest BCUT2D eigenvalue weighted by Crippen LogP contribution is 2.22. The average Bonchev–Trinajstić information content (AvgIpc) is 3.14. The van der Waals surface area contributed by atoms with Crippen LogP contribution in [0, 0.1) is 0 Å². The van der Waals surface area contributed by atoms with Crippen molar-refractivity contribution in [3.63, 3.8) is 0 Å². The predicted molar refractivity (Wildman–Crippen MR) is 101 cm³/mol. The zero-order chi connectivity index (χ0) is 17.9. The van der Waals surface area contributed by atoms with Crippen molar-refractivity contribution in [3.8, 4) is 0 Å². The Morgan fingerprint density at radius 3 is 2.92 bits per heavy atom. The van der Waals surface area contributed by atoms with E-state index in [1.54, 1.807) is 6.33 Å². The van der Waals surface area contributed by atoms with Crippen LogP contribution in [0.25, 0.3) is 0 Å². The predicted octanol–water partition coefficient (Wildman–Crippen LogP) is 2.03. The number of fused-ring (bicyclic) bond motifs is 1. The van der Waals surface area contributed by atoms with Gasteiger partial charge in [0.15, 0.2) is 0 Å². The lowest BCUT2D eigenvalue weighted by Gasteiger charge is -2.33. The maximum absolute atomic E-state index is 12.7. The molecule has 1 atom stereocenters. The van der Waals surface area contributed by atoms with Gasteiger partial charge in [0.05, 0.1) is 12.0 Å². The third-order valence-corrected chi connectivity index (χ3v) is 5.67. The first-order chi connectivity index (χ1) is 12.7. The Labute approximate surface area is 158 Å². The fourth-order valence-corrected chi connectivity index (χ4v) is 4.02. The van der Waals surface area contributed by atoms with E-state index in [1.165, 1.54) is 0 Å². The third kappa shape index (κ3) is 3.77. The fourth-order valence-electron chi connectivity index (χ4n) is 3.82. The molecule has 3 heterocycles. The molecule has 26 heavy (non-hydrogen) atoms. The Morgan fingerprint density at radius 2 is 2.12 bits per heavy atom. The highest BCUT2D eigenvalue weighted by Gasteiger charge is 2.30. The molecule has 7 heteroatoms. The van der Waals surface area contributed by atoms with Crippen molar-refractivity contribution in [3.05, 3.63) is 52.6 Å². The summed E-state index contributed by atoms with van der Waals surface area (Å²) in [6.07, 6.45) is 4.47. The molecular formula is C19H24ClN5O. The number of rotatable bonds is 4. The number of likely N-dealkylation sites (tertiary alicyclic amines) is 1. The van der Waals surface area contributed by atoms with E-state index in [2.05, 4.69) is 31.6 Å². The maximum atomic E-state index is 12.7. The maximum Gasteiger partial charge on any atom is 0.243 e. The quantitative estimate of drug-likeness (QED) is 0.766. The zero-order valence-electron chi connectivity index (χ0n) is 14.7. The normalized spacial score (nSPS) is 21.3. The van der Waals surface area contributed by atoms with Gasteiger partial charge in [-0.05, 0) is 24.5 Å². The Bertz CT molecular complexity index is 769. The number of halogens is 1. The van der Waals surface area contributed by atoms with Crippen LogP contribution in [0.15, 0.2) is 30.6 Å². The fraction of sp³-hybridized carbons (Fsp3) is 0.474. The number of carbonyl (C=O) groups is 1. The summed E-state index contributed by atoms with van der Waals surface area (Å²) in [4.78, 5) is 22.5. The second kappa shape index (κ2) is 7.78. The number of benzene rings is 1. The van der Waals surface area contributed by atoms with Crippen molar-refractivity contribution >= 4 is 17.5 Å². The Kier molecular flexibility index (Phi) is 5.24. The van der Waals surface area contributed by atoms with Crippen LogP contribution in [0.5, 0.6) is 0 Å². The van der Waals surface area contributed by atoms with E-state index in [0.29, 0.717) is 0 Å². The number of carbonyl (C=O) groups excluding carboxylic acids is 1. The van der Waals surface area contributed by atoms with Gasteiger partial charge in [0.1, 0.15) is 6.04 Å². The number of amides is 1. The first kappa shape index (κ1) is 17.5. The van der Waals surface area contributed by atoms with E-state index in [1.807, 2.05) is 18.2 Å². The molecule has 138 valence electrons. The van der Waals surface area contributed by atoms with Crippen LogP contribution in [-0.4, -0.2) is 46.5 Å². The molecule has 1 aromatic heterocycles. The number of hydrogen-bond donors (Lipinski definition) is 3. The summed E-state index contributed by atoms with van der Waals surface area (Å²) in [5, 5.41) is 7.31. The lowest BCUT2D eigenvalue weighted by Crippen LogP contribution is -2.49. The van der Waals surface area contributed by atoms with Crippen molar-refractivity contribution in [1.82, 2.24) is 25.5 Å². The molecule has 0 unspecified atom stereocenters. The number of H-pyrrole nitrogens is 1. The van der Waals surface area contributed by atoms with E-state index >= 15 is 0 Å². The minimum absolute atomic E-state index is 0.0302. The number of nitrogens with one attached hydrogen (secondary N) is 3. The molecule has 1 saturated heterocycles. The van der Waals surface area contributed by atoms with E-state index in [-0.39, 0.29) is 18.0 Å². The summed E-state index contributed by atoms with van der Waals surface area (Å²) >= 11 is 6.26. The van der Waals surface area contributed by atoms with Crippen LogP contribution in [0.4, 0.5) is 0 Å². The van der Waals surface area contributed by atoms with Gasteiger partial charge in [-0.1, -0.05) is 29.8 Å². The van der Waals surface area contributed by atoms with Gasteiger partial charge < -0.3 is 15.6 Å². The van der Waals surface area contributed by atoms with Gasteiger partial charge in [0, 0.05) is 49.4 Å². The summed E-state index contributed by atoms with van der Waals surface area (Å²) in [5.41, 5.74) is 3.07. The number of piperidine rings is 1. The number of aromatic amines is 1. The van der Waals surface area contributed by atoms with Crippen molar-refractivity contribution in [2.24, 2.45) is 0 Å². The molecule has 0 radical (unpaired) electrons. The molecule has 0 bridgehead atoms. The molecule has 1 fully saturated rings. The van der Waals surface area contributed by atoms with Crippen molar-refractivity contribution in [2.45, 2.75) is 37.9 Å². The van der Waals surface area contributed by atoms with Crippen LogP contribution in [0.3, 0.4) is 0 Å². The van der Waals surface area contributed by atoms with Crippen molar-refractivity contribution in [2.75, 3.05) is 19.6 Å². The van der Waals surface area contributed by atoms with Gasteiger partial charge in [-0.25, -0.2) is 4.98 Å². The van der Waals surface area contributed by atoms with Gasteiger partial charge in [-0.2, -0.15) is 0 Å². The van der Waals surface area contributed by atoms with Crippen LogP contribution in [-0.2, 0) is 17.8 Å². The lowest BCUT2D eigenvalue weighted by molar-refractivity contribution is -0.124.